The van der Waals surface area contributed by atoms with Gasteiger partial charge in [-0.05, 0) is 48.9 Å². The highest BCUT2D eigenvalue weighted by Crippen LogP contribution is 2.32. The molecule has 7 heteroatoms. The molecular weight excluding hydrogens is 384 g/mol. The summed E-state index contributed by atoms with van der Waals surface area (Å²) in [6.07, 6.45) is 0.997. The van der Waals surface area contributed by atoms with Gasteiger partial charge in [-0.15, -0.1) is 11.3 Å². The van der Waals surface area contributed by atoms with Gasteiger partial charge in [0.15, 0.2) is 0 Å². The molecule has 0 saturated heterocycles. The molecule has 18 heavy (non-hydrogen) atoms. The largest absolute Gasteiger partial charge is 0.383 e. The fourth-order valence-corrected chi connectivity index (χ4v) is 3.33. The number of aliphatic hydroxyl groups excluding tert-OH is 1. The van der Waals surface area contributed by atoms with Crippen molar-refractivity contribution in [3.05, 3.63) is 37.2 Å². The third-order valence-corrected chi connectivity index (χ3v) is 4.64. The summed E-state index contributed by atoms with van der Waals surface area (Å²) in [4.78, 5) is 0. The van der Waals surface area contributed by atoms with E-state index in [0.717, 1.165) is 19.5 Å². The lowest BCUT2D eigenvalue weighted by molar-refractivity contribution is 0.171. The van der Waals surface area contributed by atoms with Crippen LogP contribution < -0.4 is 0 Å². The number of nitrogens with zero attached hydrogens (tertiary/aromatic N) is 2. The Bertz CT molecular complexity index is 527. The van der Waals surface area contributed by atoms with E-state index >= 15 is 0 Å². The van der Waals surface area contributed by atoms with Gasteiger partial charge in [-0.2, -0.15) is 5.10 Å². The zero-order valence-corrected chi connectivity index (χ0v) is 13.6. The average Bonchev–Trinajstić information content (AvgIpc) is 2.92. The van der Waals surface area contributed by atoms with Gasteiger partial charge in [0, 0.05) is 7.11 Å². The highest BCUT2D eigenvalue weighted by Gasteiger charge is 2.20. The Morgan fingerprint density at radius 1 is 1.56 bits per heavy atom. The van der Waals surface area contributed by atoms with Gasteiger partial charge in [-0.1, -0.05) is 0 Å². The fourth-order valence-electron chi connectivity index (χ4n) is 1.62. The molecule has 98 valence electrons. The van der Waals surface area contributed by atoms with E-state index in [1.165, 1.54) is 0 Å². The van der Waals surface area contributed by atoms with Crippen LogP contribution in [0.25, 0.3) is 0 Å². The monoisotopic (exact) mass is 394 g/mol. The molecule has 0 aliphatic carbocycles. The summed E-state index contributed by atoms with van der Waals surface area (Å²) in [7, 11) is 1.64. The minimum Gasteiger partial charge on any atom is -0.383 e. The molecular formula is C11H12Br2N2O2S. The minimum absolute atomic E-state index is 0.557. The quantitative estimate of drug-likeness (QED) is 0.845. The number of methoxy groups -OCH3 is 1. The zero-order valence-electron chi connectivity index (χ0n) is 9.64. The zero-order chi connectivity index (χ0) is 13.1. The molecule has 0 aliphatic heterocycles. The van der Waals surface area contributed by atoms with Crippen LogP contribution in [0.3, 0.4) is 0 Å². The Labute approximate surface area is 126 Å². The number of rotatable bonds is 5. The van der Waals surface area contributed by atoms with Crippen LogP contribution in [0.15, 0.2) is 25.9 Å². The van der Waals surface area contributed by atoms with Crippen molar-refractivity contribution in [2.24, 2.45) is 0 Å². The maximum atomic E-state index is 10.4. The van der Waals surface area contributed by atoms with E-state index in [2.05, 4.69) is 37.0 Å². The topological polar surface area (TPSA) is 47.3 Å². The van der Waals surface area contributed by atoms with Crippen LogP contribution in [0.1, 0.15) is 17.4 Å². The number of aromatic nitrogens is 2. The lowest BCUT2D eigenvalue weighted by Gasteiger charge is -2.13. The van der Waals surface area contributed by atoms with E-state index in [1.807, 2.05) is 11.4 Å². The summed E-state index contributed by atoms with van der Waals surface area (Å²) >= 11 is 8.36. The summed E-state index contributed by atoms with van der Waals surface area (Å²) < 4.78 is 8.59. The van der Waals surface area contributed by atoms with Crippen molar-refractivity contribution in [1.29, 1.82) is 0 Å². The highest BCUT2D eigenvalue weighted by molar-refractivity contribution is 9.11. The van der Waals surface area contributed by atoms with Crippen LogP contribution >= 0.6 is 43.2 Å². The van der Waals surface area contributed by atoms with Gasteiger partial charge in [-0.3, -0.25) is 4.68 Å². The van der Waals surface area contributed by atoms with E-state index in [0.29, 0.717) is 13.2 Å². The van der Waals surface area contributed by atoms with Gasteiger partial charge < -0.3 is 9.84 Å². The molecule has 0 aliphatic rings. The molecule has 0 fully saturated rings. The van der Waals surface area contributed by atoms with Gasteiger partial charge >= 0.3 is 0 Å². The number of hydrogen-bond acceptors (Lipinski definition) is 4. The third-order valence-electron chi connectivity index (χ3n) is 2.50. The molecule has 1 atom stereocenters. The van der Waals surface area contributed by atoms with E-state index in [9.17, 15) is 5.11 Å². The van der Waals surface area contributed by atoms with E-state index in [-0.39, 0.29) is 0 Å². The Kier molecular flexibility index (Phi) is 4.97. The smallest absolute Gasteiger partial charge is 0.123 e. The molecule has 0 amide bonds. The molecule has 0 saturated carbocycles. The Balaban J connectivity index is 2.28. The summed E-state index contributed by atoms with van der Waals surface area (Å²) in [5, 5.41) is 16.6. The second-order valence-corrected chi connectivity index (χ2v) is 6.83. The van der Waals surface area contributed by atoms with Gasteiger partial charge in [0.2, 0.25) is 0 Å². The van der Waals surface area contributed by atoms with Crippen LogP contribution in [-0.2, 0) is 11.3 Å². The van der Waals surface area contributed by atoms with Crippen molar-refractivity contribution in [1.82, 2.24) is 9.78 Å². The number of thiophene rings is 1. The Morgan fingerprint density at radius 3 is 2.94 bits per heavy atom. The second kappa shape index (κ2) is 6.29. The molecule has 0 spiro atoms. The van der Waals surface area contributed by atoms with Crippen LogP contribution in [0, 0.1) is 0 Å². The summed E-state index contributed by atoms with van der Waals surface area (Å²) in [6, 6.07) is 1.91. The van der Waals surface area contributed by atoms with E-state index in [1.54, 1.807) is 29.3 Å². The molecule has 2 aromatic rings. The van der Waals surface area contributed by atoms with Gasteiger partial charge in [0.05, 0.1) is 33.3 Å². The van der Waals surface area contributed by atoms with Gasteiger partial charge in [0.1, 0.15) is 6.10 Å². The summed E-state index contributed by atoms with van der Waals surface area (Å²) in [5.74, 6) is 0. The van der Waals surface area contributed by atoms with Crippen molar-refractivity contribution in [3.8, 4) is 0 Å². The number of hydrogen-bond donors (Lipinski definition) is 1. The Hall–Kier alpha value is -0.210. The van der Waals surface area contributed by atoms with Crippen molar-refractivity contribution in [2.75, 3.05) is 13.7 Å². The Morgan fingerprint density at radius 2 is 2.33 bits per heavy atom. The molecule has 0 aromatic carbocycles. The predicted molar refractivity (Wildman–Crippen MR) is 77.9 cm³/mol. The first-order valence-corrected chi connectivity index (χ1v) is 7.72. The molecule has 0 radical (unpaired) electrons. The normalized spacial score (nSPS) is 12.9. The molecule has 0 bridgehead atoms. The van der Waals surface area contributed by atoms with Gasteiger partial charge in [-0.25, -0.2) is 0 Å². The lowest BCUT2D eigenvalue weighted by Crippen LogP contribution is -2.13. The van der Waals surface area contributed by atoms with E-state index in [4.69, 9.17) is 4.74 Å². The minimum atomic E-state index is -0.693. The SMILES string of the molecule is COCCn1ncc(Br)c1C(O)c1csc(Br)c1. The molecule has 2 rings (SSSR count). The standard InChI is InChI=1S/C11H12Br2N2O2S/c1-17-3-2-15-10(8(12)5-14-15)11(16)7-4-9(13)18-6-7/h4-6,11,16H,2-3H2,1H3. The van der Waals surface area contributed by atoms with Crippen molar-refractivity contribution >= 4 is 43.2 Å². The number of halogens is 2. The third kappa shape index (κ3) is 3.03. The average molecular weight is 396 g/mol. The first-order valence-electron chi connectivity index (χ1n) is 5.25. The van der Waals surface area contributed by atoms with Crippen LogP contribution in [0.5, 0.6) is 0 Å². The number of aliphatic hydroxyl groups is 1. The van der Waals surface area contributed by atoms with Crippen molar-refractivity contribution < 1.29 is 9.84 Å². The summed E-state index contributed by atoms with van der Waals surface area (Å²) in [5.41, 5.74) is 1.60. The van der Waals surface area contributed by atoms with Crippen LogP contribution in [0.4, 0.5) is 0 Å². The first-order chi connectivity index (χ1) is 8.63. The molecule has 2 heterocycles. The predicted octanol–water partition coefficient (Wildman–Crippen LogP) is 3.20. The first kappa shape index (κ1) is 14.2. The maximum absolute atomic E-state index is 10.4. The van der Waals surface area contributed by atoms with Crippen molar-refractivity contribution in [3.63, 3.8) is 0 Å². The highest BCUT2D eigenvalue weighted by atomic mass is 79.9. The van der Waals surface area contributed by atoms with Gasteiger partial charge in [0.25, 0.3) is 0 Å². The molecule has 2 aromatic heterocycles. The fraction of sp³-hybridized carbons (Fsp3) is 0.364. The second-order valence-electron chi connectivity index (χ2n) is 3.68. The molecule has 1 unspecified atom stereocenters. The van der Waals surface area contributed by atoms with Crippen LogP contribution in [-0.4, -0.2) is 28.6 Å². The van der Waals surface area contributed by atoms with Crippen LogP contribution in [0.2, 0.25) is 0 Å². The molecule has 1 N–H and O–H groups in total. The summed E-state index contributed by atoms with van der Waals surface area (Å²) in [6.45, 7) is 1.17. The van der Waals surface area contributed by atoms with E-state index < -0.39 is 6.10 Å². The maximum Gasteiger partial charge on any atom is 0.123 e. The number of ether oxygens (including phenoxy) is 1. The lowest BCUT2D eigenvalue weighted by atomic mass is 10.1. The van der Waals surface area contributed by atoms with Crippen molar-refractivity contribution in [2.45, 2.75) is 12.6 Å². The molecule has 4 nitrogen and oxygen atoms in total.